The molecule has 0 saturated heterocycles. The molecule has 0 spiro atoms. The number of esters is 2. The fourth-order valence-electron chi connectivity index (χ4n) is 3.57. The van der Waals surface area contributed by atoms with Crippen molar-refractivity contribution < 1.29 is 28.6 Å². The van der Waals surface area contributed by atoms with Crippen molar-refractivity contribution in [1.29, 1.82) is 0 Å². The topological polar surface area (TPSA) is 104 Å². The standard InChI is InChI=1S/C28H30N2O6S/c1-18(30-27(32)24-25(36-20(3)31)23(34-4)15-16-29-24)28(33)35-19(2)26(22-13-9-6-10-14-22)37-17-21-11-7-5-8-12-21/h5-16,18-19,26H,17H2,1-4H3,(H,30,32)/t18-,19-,26-/m0/s1. The quantitative estimate of drug-likeness (QED) is 0.360. The molecule has 1 aromatic heterocycles. The van der Waals surface area contributed by atoms with Crippen LogP contribution in [0.25, 0.3) is 0 Å². The lowest BCUT2D eigenvalue weighted by atomic mass is 10.1. The molecule has 0 radical (unpaired) electrons. The molecule has 2 aromatic carbocycles. The van der Waals surface area contributed by atoms with Gasteiger partial charge in [0.25, 0.3) is 5.91 Å². The highest BCUT2D eigenvalue weighted by atomic mass is 32.2. The van der Waals surface area contributed by atoms with E-state index >= 15 is 0 Å². The first-order chi connectivity index (χ1) is 17.8. The molecule has 3 aromatic rings. The summed E-state index contributed by atoms with van der Waals surface area (Å²) in [5, 5.41) is 2.45. The van der Waals surface area contributed by atoms with Gasteiger partial charge in [-0.05, 0) is 25.0 Å². The van der Waals surface area contributed by atoms with Crippen LogP contribution in [0.1, 0.15) is 47.6 Å². The third-order valence-electron chi connectivity index (χ3n) is 5.38. The molecule has 1 N–H and O–H groups in total. The number of aromatic nitrogens is 1. The molecule has 37 heavy (non-hydrogen) atoms. The lowest BCUT2D eigenvalue weighted by molar-refractivity contribution is -0.150. The van der Waals surface area contributed by atoms with Crippen LogP contribution in [0.3, 0.4) is 0 Å². The Kier molecular flexibility index (Phi) is 10.1. The molecule has 1 amide bonds. The highest BCUT2D eigenvalue weighted by Crippen LogP contribution is 2.36. The summed E-state index contributed by atoms with van der Waals surface area (Å²) in [7, 11) is 1.38. The summed E-state index contributed by atoms with van der Waals surface area (Å²) in [5.41, 5.74) is 2.02. The van der Waals surface area contributed by atoms with Crippen LogP contribution in [0, 0.1) is 0 Å². The molecule has 8 nitrogen and oxygen atoms in total. The Morgan fingerprint density at radius 3 is 2.24 bits per heavy atom. The number of hydrogen-bond donors (Lipinski definition) is 1. The average molecular weight is 523 g/mol. The number of benzene rings is 2. The zero-order valence-electron chi connectivity index (χ0n) is 21.2. The summed E-state index contributed by atoms with van der Waals surface area (Å²) in [4.78, 5) is 41.4. The molecule has 1 heterocycles. The summed E-state index contributed by atoms with van der Waals surface area (Å²) >= 11 is 1.68. The number of methoxy groups -OCH3 is 1. The number of pyridine rings is 1. The van der Waals surface area contributed by atoms with E-state index in [0.29, 0.717) is 0 Å². The van der Waals surface area contributed by atoms with Gasteiger partial charge in [0.05, 0.1) is 12.4 Å². The molecule has 0 saturated carbocycles. The highest BCUT2D eigenvalue weighted by molar-refractivity contribution is 7.98. The van der Waals surface area contributed by atoms with E-state index in [9.17, 15) is 14.4 Å². The van der Waals surface area contributed by atoms with Gasteiger partial charge in [-0.2, -0.15) is 0 Å². The molecule has 3 atom stereocenters. The number of rotatable bonds is 11. The van der Waals surface area contributed by atoms with Crippen LogP contribution in [-0.2, 0) is 20.1 Å². The van der Waals surface area contributed by atoms with E-state index in [2.05, 4.69) is 22.4 Å². The smallest absolute Gasteiger partial charge is 0.328 e. The Morgan fingerprint density at radius 1 is 0.973 bits per heavy atom. The first kappa shape index (κ1) is 27.7. The van der Waals surface area contributed by atoms with Gasteiger partial charge in [-0.3, -0.25) is 9.59 Å². The van der Waals surface area contributed by atoms with Crippen molar-refractivity contribution in [2.75, 3.05) is 7.11 Å². The molecule has 0 aliphatic heterocycles. The van der Waals surface area contributed by atoms with Crippen LogP contribution >= 0.6 is 11.8 Å². The van der Waals surface area contributed by atoms with Gasteiger partial charge < -0.3 is 19.5 Å². The van der Waals surface area contributed by atoms with E-state index in [1.165, 1.54) is 38.8 Å². The minimum Gasteiger partial charge on any atom is -0.493 e. The summed E-state index contributed by atoms with van der Waals surface area (Å²) in [6.45, 7) is 4.56. The number of amides is 1. The van der Waals surface area contributed by atoms with E-state index in [-0.39, 0.29) is 22.4 Å². The predicted molar refractivity (Wildman–Crippen MR) is 142 cm³/mol. The normalized spacial score (nSPS) is 13.1. The Bertz CT molecular complexity index is 1210. The van der Waals surface area contributed by atoms with Gasteiger partial charge in [0, 0.05) is 24.9 Å². The van der Waals surface area contributed by atoms with E-state index in [1.54, 1.807) is 11.8 Å². The molecule has 0 unspecified atom stereocenters. The maximum absolute atomic E-state index is 12.9. The molecule has 0 aliphatic carbocycles. The van der Waals surface area contributed by atoms with Crippen LogP contribution in [-0.4, -0.2) is 42.1 Å². The van der Waals surface area contributed by atoms with Crippen molar-refractivity contribution in [2.45, 2.75) is 43.9 Å². The number of thioether (sulfide) groups is 1. The second-order valence-electron chi connectivity index (χ2n) is 8.25. The van der Waals surface area contributed by atoms with Crippen molar-refractivity contribution in [2.24, 2.45) is 0 Å². The summed E-state index contributed by atoms with van der Waals surface area (Å²) in [6.07, 6.45) is 0.870. The molecule has 194 valence electrons. The fraction of sp³-hybridized carbons (Fsp3) is 0.286. The molecule has 9 heteroatoms. The SMILES string of the molecule is COc1ccnc(C(=O)N[C@@H](C)C(=O)O[C@@H](C)[C@H](SCc2ccccc2)c2ccccc2)c1OC(C)=O. The molecular weight excluding hydrogens is 492 g/mol. The van der Waals surface area contributed by atoms with Crippen LogP contribution in [0.5, 0.6) is 11.5 Å². The number of nitrogens with one attached hydrogen (secondary N) is 1. The number of nitrogens with zero attached hydrogens (tertiary/aromatic N) is 1. The predicted octanol–water partition coefficient (Wildman–Crippen LogP) is 4.74. The molecule has 0 bridgehead atoms. The van der Waals surface area contributed by atoms with E-state index < -0.39 is 30.0 Å². The van der Waals surface area contributed by atoms with Crippen LogP contribution in [0.4, 0.5) is 0 Å². The van der Waals surface area contributed by atoms with Crippen molar-refractivity contribution in [1.82, 2.24) is 10.3 Å². The average Bonchev–Trinajstić information content (AvgIpc) is 2.89. The van der Waals surface area contributed by atoms with Gasteiger partial charge in [-0.15, -0.1) is 11.8 Å². The maximum atomic E-state index is 12.9. The molecule has 0 aliphatic rings. The number of ether oxygens (including phenoxy) is 3. The minimum atomic E-state index is -0.983. The van der Waals surface area contributed by atoms with Crippen molar-refractivity contribution in [3.05, 3.63) is 89.7 Å². The monoisotopic (exact) mass is 522 g/mol. The van der Waals surface area contributed by atoms with Crippen LogP contribution in [0.15, 0.2) is 72.9 Å². The number of carbonyl (C=O) groups is 3. The summed E-state index contributed by atoms with van der Waals surface area (Å²) < 4.78 is 16.1. The number of hydrogen-bond acceptors (Lipinski definition) is 8. The third-order valence-corrected chi connectivity index (χ3v) is 6.89. The lowest BCUT2D eigenvalue weighted by Gasteiger charge is -2.26. The van der Waals surface area contributed by atoms with Gasteiger partial charge in [0.1, 0.15) is 12.1 Å². The Hall–Kier alpha value is -3.85. The first-order valence-corrected chi connectivity index (χ1v) is 12.8. The van der Waals surface area contributed by atoms with Crippen molar-refractivity contribution in [3.8, 4) is 11.5 Å². The maximum Gasteiger partial charge on any atom is 0.328 e. The zero-order valence-corrected chi connectivity index (χ0v) is 22.0. The molecular formula is C28H30N2O6S. The largest absolute Gasteiger partial charge is 0.493 e. The van der Waals surface area contributed by atoms with Crippen molar-refractivity contribution in [3.63, 3.8) is 0 Å². The molecule has 0 fully saturated rings. The summed E-state index contributed by atoms with van der Waals surface area (Å²) in [5.74, 6) is -1.15. The van der Waals surface area contributed by atoms with Gasteiger partial charge in [0.15, 0.2) is 11.4 Å². The summed E-state index contributed by atoms with van der Waals surface area (Å²) in [6, 6.07) is 20.4. The lowest BCUT2D eigenvalue weighted by Crippen LogP contribution is -2.41. The van der Waals surface area contributed by atoms with Gasteiger partial charge in [0.2, 0.25) is 5.75 Å². The second-order valence-corrected chi connectivity index (χ2v) is 9.38. The van der Waals surface area contributed by atoms with E-state index in [4.69, 9.17) is 14.2 Å². The van der Waals surface area contributed by atoms with Gasteiger partial charge in [-0.1, -0.05) is 60.7 Å². The van der Waals surface area contributed by atoms with Crippen LogP contribution in [0.2, 0.25) is 0 Å². The van der Waals surface area contributed by atoms with Crippen LogP contribution < -0.4 is 14.8 Å². The molecule has 3 rings (SSSR count). The van der Waals surface area contributed by atoms with E-state index in [1.807, 2.05) is 55.5 Å². The zero-order chi connectivity index (χ0) is 26.8. The fourth-order valence-corrected chi connectivity index (χ4v) is 4.81. The third kappa shape index (κ3) is 7.82. The first-order valence-electron chi connectivity index (χ1n) is 11.7. The second kappa shape index (κ2) is 13.5. The number of carbonyl (C=O) groups excluding carboxylic acids is 3. The van der Waals surface area contributed by atoms with Gasteiger partial charge >= 0.3 is 11.9 Å². The minimum absolute atomic E-state index is 0.120. The Labute approximate surface area is 220 Å². The van der Waals surface area contributed by atoms with Gasteiger partial charge in [-0.25, -0.2) is 9.78 Å². The van der Waals surface area contributed by atoms with Crippen molar-refractivity contribution >= 4 is 29.6 Å². The highest BCUT2D eigenvalue weighted by Gasteiger charge is 2.28. The Morgan fingerprint density at radius 2 is 1.62 bits per heavy atom. The Balaban J connectivity index is 1.69. The van der Waals surface area contributed by atoms with E-state index in [0.717, 1.165) is 11.3 Å².